The first-order chi connectivity index (χ1) is 20.5. The molecule has 0 amide bonds. The SMILES string of the molecule is COc1ccc(Cn2c(C(=O)O)c(C#CCOc3cccc4ccccc34)c3cccc(-c4ccccc4C)c32)cc1. The Bertz CT molecular complexity index is 1990. The van der Waals surface area contributed by atoms with Crippen LogP contribution < -0.4 is 9.47 Å². The third-order valence-corrected chi connectivity index (χ3v) is 7.48. The Hall–Kier alpha value is -5.47. The molecule has 6 rings (SSSR count). The van der Waals surface area contributed by atoms with E-state index in [1.54, 1.807) is 7.11 Å². The van der Waals surface area contributed by atoms with E-state index < -0.39 is 5.97 Å². The van der Waals surface area contributed by atoms with E-state index in [0.29, 0.717) is 12.1 Å². The number of aromatic carboxylic acids is 1. The summed E-state index contributed by atoms with van der Waals surface area (Å²) in [4.78, 5) is 12.9. The summed E-state index contributed by atoms with van der Waals surface area (Å²) in [6.45, 7) is 2.54. The fraction of sp³-hybridized carbons (Fsp3) is 0.108. The fourth-order valence-electron chi connectivity index (χ4n) is 5.48. The second kappa shape index (κ2) is 11.6. The quantitative estimate of drug-likeness (QED) is 0.205. The summed E-state index contributed by atoms with van der Waals surface area (Å²) in [5.74, 6) is 6.73. The van der Waals surface area contributed by atoms with Gasteiger partial charge < -0.3 is 19.1 Å². The maximum absolute atomic E-state index is 12.9. The van der Waals surface area contributed by atoms with Gasteiger partial charge >= 0.3 is 5.97 Å². The lowest BCUT2D eigenvalue weighted by molar-refractivity contribution is 0.0686. The fourth-order valence-corrected chi connectivity index (χ4v) is 5.48. The molecular formula is C37H29NO4. The number of methoxy groups -OCH3 is 1. The van der Waals surface area contributed by atoms with Crippen molar-refractivity contribution in [3.05, 3.63) is 132 Å². The molecule has 0 unspecified atom stereocenters. The number of aryl methyl sites for hydroxylation is 1. The Labute approximate surface area is 244 Å². The summed E-state index contributed by atoms with van der Waals surface area (Å²) in [5, 5.41) is 13.4. The first-order valence-electron chi connectivity index (χ1n) is 13.7. The predicted octanol–water partition coefficient (Wildman–Crippen LogP) is 7.96. The zero-order valence-corrected chi connectivity index (χ0v) is 23.4. The van der Waals surface area contributed by atoms with Gasteiger partial charge in [-0.05, 0) is 47.2 Å². The molecule has 5 nitrogen and oxygen atoms in total. The summed E-state index contributed by atoms with van der Waals surface area (Å²) in [5.41, 5.74) is 5.53. The van der Waals surface area contributed by atoms with E-state index in [-0.39, 0.29) is 12.3 Å². The minimum Gasteiger partial charge on any atom is -0.497 e. The molecule has 0 aliphatic carbocycles. The third kappa shape index (κ3) is 5.07. The van der Waals surface area contributed by atoms with Crippen molar-refractivity contribution in [3.63, 3.8) is 0 Å². The van der Waals surface area contributed by atoms with Gasteiger partial charge in [0.25, 0.3) is 0 Å². The highest BCUT2D eigenvalue weighted by Crippen LogP contribution is 2.36. The number of benzene rings is 5. The summed E-state index contributed by atoms with van der Waals surface area (Å²) in [7, 11) is 1.63. The van der Waals surface area contributed by atoms with E-state index in [9.17, 15) is 9.90 Å². The molecule has 5 heteroatoms. The van der Waals surface area contributed by atoms with Gasteiger partial charge in [-0.15, -0.1) is 0 Å². The Balaban J connectivity index is 1.48. The molecule has 0 spiro atoms. The molecule has 42 heavy (non-hydrogen) atoms. The molecule has 0 aliphatic rings. The zero-order valence-electron chi connectivity index (χ0n) is 23.4. The first-order valence-corrected chi connectivity index (χ1v) is 13.7. The van der Waals surface area contributed by atoms with Gasteiger partial charge in [0.1, 0.15) is 23.8 Å². The normalized spacial score (nSPS) is 10.8. The molecule has 0 saturated heterocycles. The van der Waals surface area contributed by atoms with Crippen LogP contribution >= 0.6 is 0 Å². The topological polar surface area (TPSA) is 60.7 Å². The number of hydrogen-bond acceptors (Lipinski definition) is 3. The van der Waals surface area contributed by atoms with Gasteiger partial charge in [-0.3, -0.25) is 0 Å². The number of carboxylic acid groups (broad SMARTS) is 1. The van der Waals surface area contributed by atoms with Gasteiger partial charge in [-0.25, -0.2) is 4.79 Å². The van der Waals surface area contributed by atoms with Gasteiger partial charge in [0.15, 0.2) is 0 Å². The summed E-state index contributed by atoms with van der Waals surface area (Å²) >= 11 is 0. The average Bonchev–Trinajstić information content (AvgIpc) is 3.33. The highest BCUT2D eigenvalue weighted by Gasteiger charge is 2.24. The van der Waals surface area contributed by atoms with Crippen LogP contribution in [0.3, 0.4) is 0 Å². The van der Waals surface area contributed by atoms with Crippen molar-refractivity contribution in [2.45, 2.75) is 13.5 Å². The van der Waals surface area contributed by atoms with Crippen molar-refractivity contribution >= 4 is 27.6 Å². The minimum atomic E-state index is -1.03. The maximum Gasteiger partial charge on any atom is 0.353 e. The number of aromatic nitrogens is 1. The van der Waals surface area contributed by atoms with Crippen LogP contribution in [0.25, 0.3) is 32.8 Å². The van der Waals surface area contributed by atoms with Crippen LogP contribution in [0.15, 0.2) is 109 Å². The lowest BCUT2D eigenvalue weighted by Crippen LogP contribution is -2.11. The lowest BCUT2D eigenvalue weighted by Gasteiger charge is -2.14. The Morgan fingerprint density at radius 1 is 0.810 bits per heavy atom. The Kier molecular flexibility index (Phi) is 7.36. The average molecular weight is 552 g/mol. The Morgan fingerprint density at radius 2 is 1.50 bits per heavy atom. The van der Waals surface area contributed by atoms with Gasteiger partial charge in [0.2, 0.25) is 0 Å². The van der Waals surface area contributed by atoms with Crippen molar-refractivity contribution < 1.29 is 19.4 Å². The molecule has 1 N–H and O–H groups in total. The van der Waals surface area contributed by atoms with Crippen LogP contribution in [0.4, 0.5) is 0 Å². The standard InChI is InChI=1S/C37H29NO4/c1-25-10-3-5-13-29(25)31-15-8-16-32-33(17-9-23-42-34-18-7-12-27-11-4-6-14-30(27)34)36(37(39)40)38(35(31)32)24-26-19-21-28(41-2)22-20-26/h3-8,10-16,18-22H,23-24H2,1-2H3,(H,39,40). The smallest absolute Gasteiger partial charge is 0.353 e. The molecular weight excluding hydrogens is 522 g/mol. The van der Waals surface area contributed by atoms with E-state index in [2.05, 4.69) is 30.9 Å². The zero-order chi connectivity index (χ0) is 29.1. The monoisotopic (exact) mass is 551 g/mol. The molecule has 1 heterocycles. The van der Waals surface area contributed by atoms with E-state index in [4.69, 9.17) is 9.47 Å². The number of para-hydroxylation sites is 1. The third-order valence-electron chi connectivity index (χ3n) is 7.48. The first kappa shape index (κ1) is 26.7. The predicted molar refractivity (Wildman–Crippen MR) is 167 cm³/mol. The van der Waals surface area contributed by atoms with Crippen molar-refractivity contribution in [3.8, 4) is 34.5 Å². The van der Waals surface area contributed by atoms with Crippen LogP contribution in [0.2, 0.25) is 0 Å². The van der Waals surface area contributed by atoms with Gasteiger partial charge in [-0.2, -0.15) is 0 Å². The van der Waals surface area contributed by atoms with Crippen LogP contribution in [0.5, 0.6) is 11.5 Å². The van der Waals surface area contributed by atoms with Crippen molar-refractivity contribution in [2.75, 3.05) is 13.7 Å². The molecule has 0 fully saturated rings. The molecule has 5 aromatic carbocycles. The molecule has 0 saturated carbocycles. The molecule has 0 bridgehead atoms. The lowest BCUT2D eigenvalue weighted by atomic mass is 9.98. The maximum atomic E-state index is 12.9. The molecule has 6 aromatic rings. The van der Waals surface area contributed by atoms with Gasteiger partial charge in [0.05, 0.1) is 18.2 Å². The number of fused-ring (bicyclic) bond motifs is 2. The highest BCUT2D eigenvalue weighted by atomic mass is 16.5. The number of hydrogen-bond donors (Lipinski definition) is 1. The van der Waals surface area contributed by atoms with Crippen LogP contribution in [0, 0.1) is 18.8 Å². The summed E-state index contributed by atoms with van der Waals surface area (Å²) in [6, 6.07) is 35.7. The highest BCUT2D eigenvalue weighted by molar-refractivity contribution is 6.06. The van der Waals surface area contributed by atoms with E-state index in [1.165, 1.54) is 0 Å². The number of nitrogens with zero attached hydrogens (tertiary/aromatic N) is 1. The van der Waals surface area contributed by atoms with Crippen LogP contribution in [-0.2, 0) is 6.54 Å². The molecule has 0 aliphatic heterocycles. The van der Waals surface area contributed by atoms with Crippen molar-refractivity contribution in [1.82, 2.24) is 4.57 Å². The Morgan fingerprint density at radius 3 is 2.29 bits per heavy atom. The van der Waals surface area contributed by atoms with Crippen LogP contribution in [-0.4, -0.2) is 29.4 Å². The molecule has 206 valence electrons. The second-order valence-corrected chi connectivity index (χ2v) is 10.0. The molecule has 0 radical (unpaired) electrons. The molecule has 0 atom stereocenters. The number of carboxylic acids is 1. The summed E-state index contributed by atoms with van der Waals surface area (Å²) < 4.78 is 13.2. The van der Waals surface area contributed by atoms with E-state index in [1.807, 2.05) is 102 Å². The van der Waals surface area contributed by atoms with Crippen molar-refractivity contribution in [1.29, 1.82) is 0 Å². The van der Waals surface area contributed by atoms with E-state index in [0.717, 1.165) is 55.4 Å². The molecule has 1 aromatic heterocycles. The van der Waals surface area contributed by atoms with Gasteiger partial charge in [-0.1, -0.05) is 103 Å². The largest absolute Gasteiger partial charge is 0.497 e. The van der Waals surface area contributed by atoms with Crippen molar-refractivity contribution in [2.24, 2.45) is 0 Å². The second-order valence-electron chi connectivity index (χ2n) is 10.0. The summed E-state index contributed by atoms with van der Waals surface area (Å²) in [6.07, 6.45) is 0. The minimum absolute atomic E-state index is 0.121. The van der Waals surface area contributed by atoms with E-state index >= 15 is 0 Å². The number of ether oxygens (including phenoxy) is 2. The number of rotatable bonds is 7. The van der Waals surface area contributed by atoms with Gasteiger partial charge in [0, 0.05) is 22.9 Å². The van der Waals surface area contributed by atoms with Crippen LogP contribution in [0.1, 0.15) is 27.2 Å². The number of carbonyl (C=O) groups is 1.